The van der Waals surface area contributed by atoms with Crippen molar-refractivity contribution in [3.05, 3.63) is 33.5 Å². The number of methoxy groups -OCH3 is 2. The first kappa shape index (κ1) is 18.4. The fraction of sp³-hybridized carbons (Fsp3) is 0.500. The van der Waals surface area contributed by atoms with E-state index in [1.54, 1.807) is 39.0 Å². The lowest BCUT2D eigenvalue weighted by molar-refractivity contribution is -0.425. The first-order chi connectivity index (χ1) is 10.6. The van der Waals surface area contributed by atoms with Gasteiger partial charge in [0.15, 0.2) is 0 Å². The van der Waals surface area contributed by atoms with Crippen molar-refractivity contribution in [3.8, 4) is 11.5 Å². The predicted molar refractivity (Wildman–Crippen MR) is 90.4 cm³/mol. The summed E-state index contributed by atoms with van der Waals surface area (Å²) in [5, 5.41) is 11.0. The molecule has 0 N–H and O–H groups in total. The molecule has 5 nitrogen and oxygen atoms in total. The van der Waals surface area contributed by atoms with Gasteiger partial charge in [-0.15, -0.1) is 11.8 Å². The molecule has 122 valence electrons. The van der Waals surface area contributed by atoms with Crippen LogP contribution in [0.5, 0.6) is 11.5 Å². The smallest absolute Gasteiger partial charge is 0.246 e. The van der Waals surface area contributed by atoms with Crippen LogP contribution in [0.3, 0.4) is 0 Å². The van der Waals surface area contributed by atoms with E-state index in [0.29, 0.717) is 23.5 Å². The van der Waals surface area contributed by atoms with E-state index < -0.39 is 0 Å². The predicted octanol–water partition coefficient (Wildman–Crippen LogP) is 4.62. The van der Waals surface area contributed by atoms with Gasteiger partial charge >= 0.3 is 0 Å². The third kappa shape index (κ3) is 4.94. The molecule has 0 atom stereocenters. The highest BCUT2D eigenvalue weighted by molar-refractivity contribution is 7.99. The maximum atomic E-state index is 11.0. The minimum atomic E-state index is -0.358. The zero-order chi connectivity index (χ0) is 16.5. The number of thioether (sulfide) groups is 1. The summed E-state index contributed by atoms with van der Waals surface area (Å²) in [5.74, 6) is 2.35. The van der Waals surface area contributed by atoms with Gasteiger partial charge in [-0.2, -0.15) is 0 Å². The maximum absolute atomic E-state index is 11.0. The molecular formula is C16H23NO4S. The summed E-state index contributed by atoms with van der Waals surface area (Å²) in [6, 6.07) is 3.63. The highest BCUT2D eigenvalue weighted by Crippen LogP contribution is 2.40. The normalized spacial score (nSPS) is 11.4. The summed E-state index contributed by atoms with van der Waals surface area (Å²) in [6.07, 6.45) is 4.16. The first-order valence-electron chi connectivity index (χ1n) is 7.31. The monoisotopic (exact) mass is 325 g/mol. The zero-order valence-corrected chi connectivity index (χ0v) is 14.4. The number of benzene rings is 1. The second kappa shape index (κ2) is 9.35. The summed E-state index contributed by atoms with van der Waals surface area (Å²) in [4.78, 5) is 11.5. The van der Waals surface area contributed by atoms with Gasteiger partial charge in [0.1, 0.15) is 11.5 Å². The van der Waals surface area contributed by atoms with Gasteiger partial charge < -0.3 is 9.47 Å². The molecule has 0 amide bonds. The molecule has 1 aromatic carbocycles. The number of nitro groups is 1. The molecule has 0 aliphatic heterocycles. The van der Waals surface area contributed by atoms with Crippen molar-refractivity contribution in [2.24, 2.45) is 0 Å². The second-order valence-corrected chi connectivity index (χ2v) is 5.81. The van der Waals surface area contributed by atoms with Crippen molar-refractivity contribution in [3.63, 3.8) is 0 Å². The van der Waals surface area contributed by atoms with E-state index in [4.69, 9.17) is 9.47 Å². The van der Waals surface area contributed by atoms with Crippen molar-refractivity contribution in [2.75, 3.05) is 20.0 Å². The Morgan fingerprint density at radius 1 is 1.27 bits per heavy atom. The quantitative estimate of drug-likeness (QED) is 0.287. The standard InChI is InChI=1S/C16H23NO4S/c1-5-7-8-22-16-14(20-3)10-12(11-15(16)21-4)9-13(6-2)17(18)19/h9-11H,5-8H2,1-4H3. The Morgan fingerprint density at radius 2 is 1.86 bits per heavy atom. The third-order valence-corrected chi connectivity index (χ3v) is 4.34. The fourth-order valence-corrected chi connectivity index (χ4v) is 3.13. The summed E-state index contributed by atoms with van der Waals surface area (Å²) in [6.45, 7) is 3.91. The number of nitrogens with zero attached hydrogens (tertiary/aromatic N) is 1. The van der Waals surface area contributed by atoms with Crippen LogP contribution in [0.4, 0.5) is 0 Å². The van der Waals surface area contributed by atoms with Crippen LogP contribution < -0.4 is 9.47 Å². The third-order valence-electron chi connectivity index (χ3n) is 3.16. The van der Waals surface area contributed by atoms with Crippen LogP contribution in [-0.2, 0) is 0 Å². The van der Waals surface area contributed by atoms with Crippen LogP contribution in [0.2, 0.25) is 0 Å². The Bertz CT molecular complexity index is 518. The molecule has 0 fully saturated rings. The molecule has 1 rings (SSSR count). The van der Waals surface area contributed by atoms with Crippen LogP contribution in [0.1, 0.15) is 38.7 Å². The molecule has 0 spiro atoms. The summed E-state index contributed by atoms with van der Waals surface area (Å²) >= 11 is 1.68. The molecule has 0 bridgehead atoms. The van der Waals surface area contributed by atoms with Gasteiger partial charge in [0.05, 0.1) is 24.0 Å². The van der Waals surface area contributed by atoms with E-state index in [-0.39, 0.29) is 10.6 Å². The Hall–Kier alpha value is -1.69. The van der Waals surface area contributed by atoms with Gasteiger partial charge in [-0.1, -0.05) is 20.3 Å². The molecule has 0 aliphatic rings. The molecule has 0 unspecified atom stereocenters. The van der Waals surface area contributed by atoms with E-state index in [9.17, 15) is 10.1 Å². The minimum Gasteiger partial charge on any atom is -0.495 e. The van der Waals surface area contributed by atoms with E-state index >= 15 is 0 Å². The van der Waals surface area contributed by atoms with Gasteiger partial charge in [-0.05, 0) is 29.9 Å². The van der Waals surface area contributed by atoms with Crippen LogP contribution in [0.15, 0.2) is 22.7 Å². The lowest BCUT2D eigenvalue weighted by Crippen LogP contribution is -1.98. The van der Waals surface area contributed by atoms with Crippen LogP contribution >= 0.6 is 11.8 Å². The molecule has 0 aliphatic carbocycles. The average Bonchev–Trinajstić information content (AvgIpc) is 2.52. The number of unbranched alkanes of at least 4 members (excludes halogenated alkanes) is 1. The molecular weight excluding hydrogens is 302 g/mol. The van der Waals surface area contributed by atoms with Gasteiger partial charge in [-0.25, -0.2) is 0 Å². The number of ether oxygens (including phenoxy) is 2. The van der Waals surface area contributed by atoms with Gasteiger partial charge in [0.2, 0.25) is 5.70 Å². The molecule has 0 saturated heterocycles. The molecule has 22 heavy (non-hydrogen) atoms. The highest BCUT2D eigenvalue weighted by Gasteiger charge is 2.14. The Balaban J connectivity index is 3.21. The SMILES string of the molecule is CCCCSc1c(OC)cc(C=C(CC)[N+](=O)[O-])cc1OC. The van der Waals surface area contributed by atoms with Gasteiger partial charge in [-0.3, -0.25) is 10.1 Å². The van der Waals surface area contributed by atoms with Crippen molar-refractivity contribution < 1.29 is 14.4 Å². The van der Waals surface area contributed by atoms with Crippen molar-refractivity contribution in [2.45, 2.75) is 38.0 Å². The molecule has 0 saturated carbocycles. The fourth-order valence-electron chi connectivity index (χ4n) is 1.92. The van der Waals surface area contributed by atoms with Crippen LogP contribution in [0.25, 0.3) is 6.08 Å². The number of rotatable bonds is 9. The first-order valence-corrected chi connectivity index (χ1v) is 8.29. The van der Waals surface area contributed by atoms with Crippen LogP contribution in [-0.4, -0.2) is 24.9 Å². The Morgan fingerprint density at radius 3 is 2.27 bits per heavy atom. The largest absolute Gasteiger partial charge is 0.495 e. The highest BCUT2D eigenvalue weighted by atomic mass is 32.2. The molecule has 0 aromatic heterocycles. The maximum Gasteiger partial charge on any atom is 0.246 e. The molecule has 6 heteroatoms. The summed E-state index contributed by atoms with van der Waals surface area (Å²) in [5.41, 5.74) is 0.873. The van der Waals surface area contributed by atoms with E-state index in [1.165, 1.54) is 0 Å². The molecule has 0 heterocycles. The lowest BCUT2D eigenvalue weighted by Gasteiger charge is -2.14. The molecule has 0 radical (unpaired) electrons. The topological polar surface area (TPSA) is 61.6 Å². The Kier molecular flexibility index (Phi) is 7.80. The lowest BCUT2D eigenvalue weighted by atomic mass is 10.1. The molecule has 1 aromatic rings. The number of hydrogen-bond acceptors (Lipinski definition) is 5. The Labute approximate surface area is 135 Å². The van der Waals surface area contributed by atoms with E-state index in [2.05, 4.69) is 6.92 Å². The van der Waals surface area contributed by atoms with Gasteiger partial charge in [0, 0.05) is 12.5 Å². The van der Waals surface area contributed by atoms with Crippen molar-refractivity contribution in [1.29, 1.82) is 0 Å². The zero-order valence-electron chi connectivity index (χ0n) is 13.5. The van der Waals surface area contributed by atoms with Crippen LogP contribution in [0, 0.1) is 10.1 Å². The number of hydrogen-bond donors (Lipinski definition) is 0. The summed E-state index contributed by atoms with van der Waals surface area (Å²) in [7, 11) is 3.20. The van der Waals surface area contributed by atoms with Gasteiger partial charge in [0.25, 0.3) is 0 Å². The van der Waals surface area contributed by atoms with E-state index in [0.717, 1.165) is 23.5 Å². The number of allylic oxidation sites excluding steroid dienone is 1. The minimum absolute atomic E-state index is 0.162. The summed E-state index contributed by atoms with van der Waals surface area (Å²) < 4.78 is 10.9. The van der Waals surface area contributed by atoms with Crippen molar-refractivity contribution >= 4 is 17.8 Å². The van der Waals surface area contributed by atoms with E-state index in [1.807, 2.05) is 12.1 Å². The van der Waals surface area contributed by atoms with Crippen molar-refractivity contribution in [1.82, 2.24) is 0 Å². The second-order valence-electron chi connectivity index (χ2n) is 4.70. The average molecular weight is 325 g/mol.